The maximum atomic E-state index is 13.7. The molecule has 0 saturated carbocycles. The molecular formula is C30H33F2N7O2. The topological polar surface area (TPSA) is 108 Å². The van der Waals surface area contributed by atoms with Gasteiger partial charge in [-0.05, 0) is 87.1 Å². The Morgan fingerprint density at radius 2 is 1.83 bits per heavy atom. The standard InChI is InChI=1S/C30H33F2N7O2/c1-39-8-4-19(5-9-39)20-2-3-25(26(15-20)34-23-6-10-41-11-7-23)30(40)36-29-27-28(37-38-29)33-17-24(35-27)14-18-12-21(31)16-22(32)13-18/h2-3,12-13,15-17,19,23,34H,4-11,14H2,1H3,(H2,33,36,37,38,40). The summed E-state index contributed by atoms with van der Waals surface area (Å²) >= 11 is 0. The van der Waals surface area contributed by atoms with E-state index in [0.717, 1.165) is 50.5 Å². The summed E-state index contributed by atoms with van der Waals surface area (Å²) in [4.78, 5) is 24.9. The number of benzene rings is 2. The third-order valence-corrected chi connectivity index (χ3v) is 7.92. The number of H-pyrrole nitrogens is 1. The number of piperidine rings is 1. The van der Waals surface area contributed by atoms with Gasteiger partial charge in [-0.15, -0.1) is 0 Å². The SMILES string of the molecule is CN1CCC(c2ccc(C(=O)Nc3n[nH]c4ncc(Cc5cc(F)cc(F)c5)nc34)c(NC3CCOCC3)c2)CC1. The summed E-state index contributed by atoms with van der Waals surface area (Å²) in [6.45, 7) is 3.49. The molecule has 6 rings (SSSR count). The lowest BCUT2D eigenvalue weighted by Crippen LogP contribution is -2.30. The van der Waals surface area contributed by atoms with Crippen LogP contribution in [0.3, 0.4) is 0 Å². The van der Waals surface area contributed by atoms with Crippen LogP contribution in [-0.4, -0.2) is 70.4 Å². The van der Waals surface area contributed by atoms with E-state index in [1.165, 1.54) is 23.9 Å². The number of hydrogen-bond donors (Lipinski definition) is 3. The third kappa shape index (κ3) is 6.36. The van der Waals surface area contributed by atoms with Crippen molar-refractivity contribution in [1.29, 1.82) is 0 Å². The summed E-state index contributed by atoms with van der Waals surface area (Å²) in [6.07, 6.45) is 5.61. The van der Waals surface area contributed by atoms with Crippen molar-refractivity contribution < 1.29 is 18.3 Å². The van der Waals surface area contributed by atoms with E-state index >= 15 is 0 Å². The molecule has 0 bridgehead atoms. The second kappa shape index (κ2) is 11.9. The molecule has 214 valence electrons. The Labute approximate surface area is 236 Å². The highest BCUT2D eigenvalue weighted by molar-refractivity contribution is 6.10. The van der Waals surface area contributed by atoms with Gasteiger partial charge in [0.05, 0.1) is 17.5 Å². The van der Waals surface area contributed by atoms with Crippen LogP contribution in [0.2, 0.25) is 0 Å². The molecule has 4 heterocycles. The van der Waals surface area contributed by atoms with Gasteiger partial charge in [-0.1, -0.05) is 6.07 Å². The van der Waals surface area contributed by atoms with Gasteiger partial charge in [0.15, 0.2) is 17.0 Å². The van der Waals surface area contributed by atoms with Crippen molar-refractivity contribution >= 4 is 28.6 Å². The van der Waals surface area contributed by atoms with E-state index in [-0.39, 0.29) is 24.2 Å². The average molecular weight is 562 g/mol. The van der Waals surface area contributed by atoms with Gasteiger partial charge in [-0.2, -0.15) is 5.10 Å². The number of nitrogens with one attached hydrogen (secondary N) is 3. The van der Waals surface area contributed by atoms with Gasteiger partial charge in [-0.3, -0.25) is 9.89 Å². The Balaban J connectivity index is 1.25. The summed E-state index contributed by atoms with van der Waals surface area (Å²) in [5.74, 6) is -0.938. The molecule has 1 amide bonds. The molecule has 2 aliphatic rings. The number of carbonyl (C=O) groups excluding carboxylic acids is 1. The number of aromatic nitrogens is 4. The third-order valence-electron chi connectivity index (χ3n) is 7.92. The lowest BCUT2D eigenvalue weighted by atomic mass is 9.88. The molecule has 0 aliphatic carbocycles. The molecule has 11 heteroatoms. The number of aromatic amines is 1. The highest BCUT2D eigenvalue weighted by Crippen LogP contribution is 2.32. The van der Waals surface area contributed by atoms with Crippen molar-refractivity contribution in [1.82, 2.24) is 25.1 Å². The molecule has 0 atom stereocenters. The molecule has 9 nitrogen and oxygen atoms in total. The van der Waals surface area contributed by atoms with Crippen molar-refractivity contribution in [3.8, 4) is 0 Å². The molecule has 41 heavy (non-hydrogen) atoms. The number of ether oxygens (including phenoxy) is 1. The molecular weight excluding hydrogens is 528 g/mol. The minimum absolute atomic E-state index is 0.174. The second-order valence-corrected chi connectivity index (χ2v) is 11.0. The lowest BCUT2D eigenvalue weighted by Gasteiger charge is -2.30. The number of amides is 1. The Bertz CT molecular complexity index is 1530. The van der Waals surface area contributed by atoms with Crippen LogP contribution in [0, 0.1) is 11.6 Å². The lowest BCUT2D eigenvalue weighted by molar-refractivity contribution is 0.0904. The van der Waals surface area contributed by atoms with Crippen LogP contribution >= 0.6 is 0 Å². The first kappa shape index (κ1) is 27.2. The zero-order valence-corrected chi connectivity index (χ0v) is 22.9. The number of hydrogen-bond acceptors (Lipinski definition) is 7. The fraction of sp³-hybridized carbons (Fsp3) is 0.400. The van der Waals surface area contributed by atoms with Gasteiger partial charge in [0.25, 0.3) is 5.91 Å². The number of rotatable bonds is 7. The van der Waals surface area contributed by atoms with Crippen LogP contribution in [0.5, 0.6) is 0 Å². The van der Waals surface area contributed by atoms with Crippen LogP contribution in [0.15, 0.2) is 42.6 Å². The summed E-state index contributed by atoms with van der Waals surface area (Å²) in [5.41, 5.74) is 4.23. The minimum Gasteiger partial charge on any atom is -0.381 e. The van der Waals surface area contributed by atoms with Gasteiger partial charge in [0.2, 0.25) is 0 Å². The van der Waals surface area contributed by atoms with Crippen molar-refractivity contribution in [2.75, 3.05) is 44.0 Å². The zero-order valence-electron chi connectivity index (χ0n) is 22.9. The van der Waals surface area contributed by atoms with Crippen LogP contribution < -0.4 is 10.6 Å². The van der Waals surface area contributed by atoms with Gasteiger partial charge < -0.3 is 20.3 Å². The van der Waals surface area contributed by atoms with Crippen molar-refractivity contribution in [2.45, 2.75) is 44.1 Å². The number of fused-ring (bicyclic) bond motifs is 1. The van der Waals surface area contributed by atoms with Gasteiger partial charge in [0.1, 0.15) is 11.6 Å². The number of anilines is 2. The van der Waals surface area contributed by atoms with E-state index < -0.39 is 11.6 Å². The number of halogens is 2. The Hall–Kier alpha value is -3.96. The predicted molar refractivity (Wildman–Crippen MR) is 152 cm³/mol. The first-order chi connectivity index (χ1) is 19.9. The highest BCUT2D eigenvalue weighted by Gasteiger charge is 2.23. The monoisotopic (exact) mass is 561 g/mol. The molecule has 2 fully saturated rings. The summed E-state index contributed by atoms with van der Waals surface area (Å²) in [7, 11) is 2.15. The number of nitrogens with zero attached hydrogens (tertiary/aromatic N) is 4. The first-order valence-corrected chi connectivity index (χ1v) is 14.0. The molecule has 3 N–H and O–H groups in total. The number of carbonyl (C=O) groups is 1. The largest absolute Gasteiger partial charge is 0.381 e. The minimum atomic E-state index is -0.655. The van der Waals surface area contributed by atoms with Crippen molar-refractivity contribution in [2.24, 2.45) is 0 Å². The highest BCUT2D eigenvalue weighted by atomic mass is 19.1. The Kier molecular flexibility index (Phi) is 7.89. The van der Waals surface area contributed by atoms with Crippen LogP contribution in [0.1, 0.15) is 58.8 Å². The molecule has 0 radical (unpaired) electrons. The van der Waals surface area contributed by atoms with E-state index in [0.29, 0.717) is 47.1 Å². The van der Waals surface area contributed by atoms with E-state index in [9.17, 15) is 13.6 Å². The van der Waals surface area contributed by atoms with Crippen LogP contribution in [0.4, 0.5) is 20.3 Å². The molecule has 2 aromatic heterocycles. The molecule has 2 aromatic carbocycles. The maximum Gasteiger partial charge on any atom is 0.259 e. The fourth-order valence-electron chi connectivity index (χ4n) is 5.64. The molecule has 2 aliphatic heterocycles. The summed E-state index contributed by atoms with van der Waals surface area (Å²) in [6, 6.07) is 9.63. The van der Waals surface area contributed by atoms with Crippen LogP contribution in [0.25, 0.3) is 11.2 Å². The molecule has 0 unspecified atom stereocenters. The van der Waals surface area contributed by atoms with Gasteiger partial charge >= 0.3 is 0 Å². The van der Waals surface area contributed by atoms with E-state index in [1.54, 1.807) is 0 Å². The van der Waals surface area contributed by atoms with Crippen molar-refractivity contribution in [3.63, 3.8) is 0 Å². The molecule has 2 saturated heterocycles. The Morgan fingerprint density at radius 3 is 2.59 bits per heavy atom. The Morgan fingerprint density at radius 1 is 1.07 bits per heavy atom. The smallest absolute Gasteiger partial charge is 0.259 e. The fourth-order valence-corrected chi connectivity index (χ4v) is 5.64. The van der Waals surface area contributed by atoms with Gasteiger partial charge in [0, 0.05) is 37.4 Å². The summed E-state index contributed by atoms with van der Waals surface area (Å²) in [5, 5.41) is 13.5. The van der Waals surface area contributed by atoms with Crippen molar-refractivity contribution in [3.05, 3.63) is 76.6 Å². The average Bonchev–Trinajstić information content (AvgIpc) is 3.35. The summed E-state index contributed by atoms with van der Waals surface area (Å²) < 4.78 is 32.9. The molecule has 0 spiro atoms. The second-order valence-electron chi connectivity index (χ2n) is 11.0. The van der Waals surface area contributed by atoms with Gasteiger partial charge in [-0.25, -0.2) is 18.7 Å². The number of likely N-dealkylation sites (tertiary alicyclic amines) is 1. The zero-order chi connectivity index (χ0) is 28.3. The normalized spacial score (nSPS) is 17.1. The predicted octanol–water partition coefficient (Wildman–Crippen LogP) is 4.87. The van der Waals surface area contributed by atoms with E-state index in [2.05, 4.69) is 54.9 Å². The first-order valence-electron chi connectivity index (χ1n) is 14.0. The molecule has 4 aromatic rings. The van der Waals surface area contributed by atoms with Crippen LogP contribution in [-0.2, 0) is 11.2 Å². The maximum absolute atomic E-state index is 13.7. The van der Waals surface area contributed by atoms with E-state index in [1.807, 2.05) is 6.07 Å². The quantitative estimate of drug-likeness (QED) is 0.295. The van der Waals surface area contributed by atoms with E-state index in [4.69, 9.17) is 4.74 Å².